The van der Waals surface area contributed by atoms with E-state index in [9.17, 15) is 18.3 Å². The molecule has 2 rings (SSSR count). The fourth-order valence-corrected chi connectivity index (χ4v) is 2.98. The second kappa shape index (κ2) is 6.78. The Balaban J connectivity index is 2.62. The molecule has 0 unspecified atom stereocenters. The normalized spacial score (nSPS) is 11.2. The Morgan fingerprint density at radius 1 is 1.35 bits per heavy atom. The minimum Gasteiger partial charge on any atom is -0.478 e. The summed E-state index contributed by atoms with van der Waals surface area (Å²) in [6.45, 7) is 1.91. The van der Waals surface area contributed by atoms with Crippen LogP contribution in [0.3, 0.4) is 0 Å². The van der Waals surface area contributed by atoms with Crippen LogP contribution in [0.5, 0.6) is 11.5 Å². The van der Waals surface area contributed by atoms with Gasteiger partial charge in [-0.15, -0.1) is 0 Å². The molecule has 1 aromatic carbocycles. The highest BCUT2D eigenvalue weighted by Crippen LogP contribution is 2.32. The van der Waals surface area contributed by atoms with Crippen molar-refractivity contribution in [1.29, 1.82) is 0 Å². The molecule has 2 aromatic rings. The predicted molar refractivity (Wildman–Crippen MR) is 84.8 cm³/mol. The highest BCUT2D eigenvalue weighted by molar-refractivity contribution is 7.90. The van der Waals surface area contributed by atoms with Crippen LogP contribution in [0.15, 0.2) is 41.6 Å². The highest BCUT2D eigenvalue weighted by Gasteiger charge is 2.21. The van der Waals surface area contributed by atoms with Gasteiger partial charge in [0.25, 0.3) is 0 Å². The van der Waals surface area contributed by atoms with Gasteiger partial charge in [-0.3, -0.25) is 4.98 Å². The second-order valence-corrected chi connectivity index (χ2v) is 7.06. The van der Waals surface area contributed by atoms with Crippen molar-refractivity contribution in [3.63, 3.8) is 0 Å². The summed E-state index contributed by atoms with van der Waals surface area (Å²) in [7, 11) is -3.65. The van der Waals surface area contributed by atoms with Crippen LogP contribution in [0.4, 0.5) is 0 Å². The van der Waals surface area contributed by atoms with Gasteiger partial charge in [-0.05, 0) is 36.2 Å². The highest BCUT2D eigenvalue weighted by atomic mass is 32.2. The lowest BCUT2D eigenvalue weighted by Crippen LogP contribution is -2.08. The number of sulfone groups is 1. The number of nitrogens with zero attached hydrogens (tertiary/aromatic N) is 1. The Labute approximate surface area is 134 Å². The monoisotopic (exact) mass is 335 g/mol. The molecular weight excluding hydrogens is 318 g/mol. The van der Waals surface area contributed by atoms with E-state index in [1.165, 1.54) is 12.3 Å². The number of hydrogen-bond acceptors (Lipinski definition) is 5. The van der Waals surface area contributed by atoms with Crippen LogP contribution in [0, 0.1) is 0 Å². The number of pyridine rings is 1. The minimum atomic E-state index is -3.65. The van der Waals surface area contributed by atoms with Crippen LogP contribution < -0.4 is 4.74 Å². The third kappa shape index (κ3) is 4.07. The van der Waals surface area contributed by atoms with Crippen LogP contribution in [-0.2, 0) is 16.3 Å². The lowest BCUT2D eigenvalue weighted by atomic mass is 10.0. The van der Waals surface area contributed by atoms with E-state index in [1.807, 2.05) is 6.92 Å². The quantitative estimate of drug-likeness (QED) is 0.872. The molecule has 7 heteroatoms. The summed E-state index contributed by atoms with van der Waals surface area (Å²) in [5.74, 6) is -0.678. The first kappa shape index (κ1) is 17.0. The standard InChI is InChI=1S/C16H17NO5S/c1-3-5-11-8-14(22-12-6-4-7-17-10-12)15(23(2,20)21)9-13(11)16(18)19/h4,6-10H,3,5H2,1-2H3,(H,18,19). The molecule has 0 saturated carbocycles. The summed E-state index contributed by atoms with van der Waals surface area (Å²) in [5.41, 5.74) is 0.511. The van der Waals surface area contributed by atoms with Crippen molar-refractivity contribution < 1.29 is 23.1 Å². The number of carboxylic acids is 1. The third-order valence-electron chi connectivity index (χ3n) is 3.18. The van der Waals surface area contributed by atoms with E-state index in [1.54, 1.807) is 18.3 Å². The average molecular weight is 335 g/mol. The van der Waals surface area contributed by atoms with Gasteiger partial charge in [0.1, 0.15) is 16.4 Å². The molecule has 0 spiro atoms. The number of rotatable bonds is 6. The molecular formula is C16H17NO5S. The fraction of sp³-hybridized carbons (Fsp3) is 0.250. The van der Waals surface area contributed by atoms with Crippen molar-refractivity contribution in [2.24, 2.45) is 0 Å². The molecule has 0 aliphatic rings. The zero-order chi connectivity index (χ0) is 17.0. The number of hydrogen-bond donors (Lipinski definition) is 1. The number of aromatic nitrogens is 1. The fourth-order valence-electron chi connectivity index (χ4n) is 2.18. The maximum atomic E-state index is 12.0. The zero-order valence-electron chi connectivity index (χ0n) is 12.8. The first-order chi connectivity index (χ1) is 10.8. The van der Waals surface area contributed by atoms with E-state index >= 15 is 0 Å². The first-order valence-electron chi connectivity index (χ1n) is 7.01. The lowest BCUT2D eigenvalue weighted by molar-refractivity contribution is 0.0695. The van der Waals surface area contributed by atoms with Gasteiger partial charge >= 0.3 is 5.97 Å². The van der Waals surface area contributed by atoms with E-state index in [-0.39, 0.29) is 16.2 Å². The Morgan fingerprint density at radius 2 is 2.09 bits per heavy atom. The number of benzene rings is 1. The summed E-state index contributed by atoms with van der Waals surface area (Å²) >= 11 is 0. The van der Waals surface area contributed by atoms with Gasteiger partial charge in [-0.25, -0.2) is 13.2 Å². The van der Waals surface area contributed by atoms with E-state index in [0.717, 1.165) is 18.7 Å². The van der Waals surface area contributed by atoms with E-state index in [0.29, 0.717) is 17.7 Å². The molecule has 0 aliphatic carbocycles. The van der Waals surface area contributed by atoms with Gasteiger partial charge in [0.2, 0.25) is 0 Å². The summed E-state index contributed by atoms with van der Waals surface area (Å²) in [6, 6.07) is 5.95. The Hall–Kier alpha value is -2.41. The topological polar surface area (TPSA) is 93.6 Å². The maximum absolute atomic E-state index is 12.0. The molecule has 0 bridgehead atoms. The van der Waals surface area contributed by atoms with Gasteiger partial charge in [-0.1, -0.05) is 13.3 Å². The molecule has 122 valence electrons. The largest absolute Gasteiger partial charge is 0.478 e. The number of carbonyl (C=O) groups is 1. The average Bonchev–Trinajstić information content (AvgIpc) is 2.47. The third-order valence-corrected chi connectivity index (χ3v) is 4.30. The molecule has 0 atom stereocenters. The van der Waals surface area contributed by atoms with E-state index < -0.39 is 15.8 Å². The molecule has 23 heavy (non-hydrogen) atoms. The lowest BCUT2D eigenvalue weighted by Gasteiger charge is -2.14. The number of ether oxygens (including phenoxy) is 1. The van der Waals surface area contributed by atoms with Crippen LogP contribution in [-0.4, -0.2) is 30.7 Å². The smallest absolute Gasteiger partial charge is 0.336 e. The van der Waals surface area contributed by atoms with Crippen molar-refractivity contribution in [2.75, 3.05) is 6.26 Å². The molecule has 1 N–H and O–H groups in total. The van der Waals surface area contributed by atoms with Crippen LogP contribution in [0.1, 0.15) is 29.3 Å². The van der Waals surface area contributed by atoms with E-state index in [4.69, 9.17) is 4.74 Å². The summed E-state index contributed by atoms with van der Waals surface area (Å²) in [4.78, 5) is 15.2. The van der Waals surface area contributed by atoms with Gasteiger partial charge in [-0.2, -0.15) is 0 Å². The number of aromatic carboxylic acids is 1. The van der Waals surface area contributed by atoms with Gasteiger partial charge in [0, 0.05) is 12.5 Å². The van der Waals surface area contributed by atoms with Crippen molar-refractivity contribution in [3.8, 4) is 11.5 Å². The van der Waals surface area contributed by atoms with Crippen LogP contribution >= 0.6 is 0 Å². The first-order valence-corrected chi connectivity index (χ1v) is 8.90. The predicted octanol–water partition coefficient (Wildman–Crippen LogP) is 2.93. The molecule has 0 amide bonds. The number of carboxylic acid groups (broad SMARTS) is 1. The summed E-state index contributed by atoms with van der Waals surface area (Å²) in [6.07, 6.45) is 5.28. The minimum absolute atomic E-state index is 0.0224. The molecule has 0 radical (unpaired) electrons. The van der Waals surface area contributed by atoms with Crippen molar-refractivity contribution in [3.05, 3.63) is 47.8 Å². The van der Waals surface area contributed by atoms with Gasteiger partial charge in [0.05, 0.1) is 11.8 Å². The number of aryl methyl sites for hydroxylation is 1. The SMILES string of the molecule is CCCc1cc(Oc2cccnc2)c(S(C)(=O)=O)cc1C(=O)O. The maximum Gasteiger partial charge on any atom is 0.336 e. The molecule has 1 heterocycles. The Kier molecular flexibility index (Phi) is 5.00. The molecule has 6 nitrogen and oxygen atoms in total. The van der Waals surface area contributed by atoms with Crippen molar-refractivity contribution in [2.45, 2.75) is 24.7 Å². The summed E-state index contributed by atoms with van der Waals surface area (Å²) < 4.78 is 29.6. The molecule has 0 aliphatic heterocycles. The Bertz CT molecular complexity index is 816. The van der Waals surface area contributed by atoms with Gasteiger partial charge in [0.15, 0.2) is 9.84 Å². The molecule has 0 fully saturated rings. The van der Waals surface area contributed by atoms with Crippen LogP contribution in [0.2, 0.25) is 0 Å². The second-order valence-electron chi connectivity index (χ2n) is 5.07. The summed E-state index contributed by atoms with van der Waals surface area (Å²) in [5, 5.41) is 9.32. The van der Waals surface area contributed by atoms with Gasteiger partial charge < -0.3 is 9.84 Å². The molecule has 0 saturated heterocycles. The zero-order valence-corrected chi connectivity index (χ0v) is 13.6. The molecule has 1 aromatic heterocycles. The van der Waals surface area contributed by atoms with Crippen molar-refractivity contribution in [1.82, 2.24) is 4.98 Å². The Morgan fingerprint density at radius 3 is 2.61 bits per heavy atom. The van der Waals surface area contributed by atoms with E-state index in [2.05, 4.69) is 4.98 Å². The van der Waals surface area contributed by atoms with Crippen LogP contribution in [0.25, 0.3) is 0 Å². The van der Waals surface area contributed by atoms with Crippen molar-refractivity contribution >= 4 is 15.8 Å².